The normalized spacial score (nSPS) is 25.5. The zero-order chi connectivity index (χ0) is 18.6. The van der Waals surface area contributed by atoms with Gasteiger partial charge in [0.25, 0.3) is 0 Å². The molecule has 2 atom stereocenters. The maximum Gasteiger partial charge on any atom is 0.115 e. The molecular weight excluding hydrogens is 320 g/mol. The minimum Gasteiger partial charge on any atom is -0.508 e. The molecule has 0 saturated heterocycles. The van der Waals surface area contributed by atoms with E-state index in [-0.39, 0.29) is 10.8 Å². The van der Waals surface area contributed by atoms with Crippen molar-refractivity contribution in [1.82, 2.24) is 0 Å². The quantitative estimate of drug-likeness (QED) is 0.629. The Morgan fingerprint density at radius 1 is 0.731 bits per heavy atom. The maximum absolute atomic E-state index is 9.70. The lowest BCUT2D eigenvalue weighted by atomic mass is 9.55. The molecule has 2 N–H and O–H groups in total. The first-order chi connectivity index (χ1) is 12.5. The third kappa shape index (κ3) is 3.41. The van der Waals surface area contributed by atoms with E-state index in [0.29, 0.717) is 11.5 Å². The molecule has 2 nitrogen and oxygen atoms in total. The van der Waals surface area contributed by atoms with Gasteiger partial charge in [-0.25, -0.2) is 0 Å². The molecule has 0 spiro atoms. The van der Waals surface area contributed by atoms with Crippen LogP contribution in [-0.2, 0) is 10.8 Å². The van der Waals surface area contributed by atoms with E-state index in [1.165, 1.54) is 11.1 Å². The van der Waals surface area contributed by atoms with E-state index < -0.39 is 0 Å². The van der Waals surface area contributed by atoms with Gasteiger partial charge < -0.3 is 10.2 Å². The van der Waals surface area contributed by atoms with Gasteiger partial charge in [0.1, 0.15) is 11.5 Å². The van der Waals surface area contributed by atoms with Crippen LogP contribution < -0.4 is 0 Å². The summed E-state index contributed by atoms with van der Waals surface area (Å²) >= 11 is 0. The summed E-state index contributed by atoms with van der Waals surface area (Å²) in [5, 5.41) is 19.4. The summed E-state index contributed by atoms with van der Waals surface area (Å²) in [5.74, 6) is 0.600. The van der Waals surface area contributed by atoms with Crippen molar-refractivity contribution in [2.45, 2.75) is 49.4 Å². The Morgan fingerprint density at radius 2 is 1.12 bits per heavy atom. The number of hydrogen-bond donors (Lipinski definition) is 2. The number of allylic oxidation sites excluding steroid dienone is 2. The minimum atomic E-state index is 0.00853. The molecule has 136 valence electrons. The zero-order valence-electron chi connectivity index (χ0n) is 15.3. The topological polar surface area (TPSA) is 40.5 Å². The van der Waals surface area contributed by atoms with Crippen molar-refractivity contribution in [3.05, 3.63) is 85.0 Å². The molecule has 0 amide bonds. The highest BCUT2D eigenvalue weighted by Gasteiger charge is 2.45. The fraction of sp³-hybridized carbons (Fsp3) is 0.333. The van der Waals surface area contributed by atoms with Crippen LogP contribution in [-0.4, -0.2) is 10.2 Å². The Hall–Kier alpha value is -2.48. The summed E-state index contributed by atoms with van der Waals surface area (Å²) in [5.41, 5.74) is 2.55. The minimum absolute atomic E-state index is 0.00853. The number of phenols is 2. The molecule has 3 rings (SSSR count). The number of phenolic OH excluding ortho intramolecular Hbond substituents is 2. The van der Waals surface area contributed by atoms with E-state index in [2.05, 4.69) is 37.4 Å². The summed E-state index contributed by atoms with van der Waals surface area (Å²) in [6.45, 7) is 8.04. The highest BCUT2D eigenvalue weighted by molar-refractivity contribution is 5.38. The zero-order valence-corrected chi connectivity index (χ0v) is 15.3. The van der Waals surface area contributed by atoms with Crippen molar-refractivity contribution in [2.75, 3.05) is 0 Å². The molecular formula is C24H28O2. The van der Waals surface area contributed by atoms with Crippen LogP contribution in [0.25, 0.3) is 0 Å². The van der Waals surface area contributed by atoms with Gasteiger partial charge in [-0.05, 0) is 78.3 Å². The van der Waals surface area contributed by atoms with E-state index in [4.69, 9.17) is 0 Å². The standard InChI is InChI=1S/C24H28O2/c1-3-14-23(19-6-10-21(25)11-7-19)16-5-17-24(18-23,15-4-2)20-8-12-22(26)13-9-20/h3-4,6-13,25-26H,1-2,5,14-18H2. The number of rotatable bonds is 6. The van der Waals surface area contributed by atoms with Crippen molar-refractivity contribution < 1.29 is 10.2 Å². The van der Waals surface area contributed by atoms with Gasteiger partial charge in [0.15, 0.2) is 0 Å². The van der Waals surface area contributed by atoms with Crippen LogP contribution in [0.3, 0.4) is 0 Å². The molecule has 2 heteroatoms. The lowest BCUT2D eigenvalue weighted by Crippen LogP contribution is -2.42. The molecule has 0 bridgehead atoms. The summed E-state index contributed by atoms with van der Waals surface area (Å²) in [6.07, 6.45) is 10.2. The van der Waals surface area contributed by atoms with E-state index >= 15 is 0 Å². The van der Waals surface area contributed by atoms with Gasteiger partial charge >= 0.3 is 0 Å². The molecule has 2 aromatic rings. The van der Waals surface area contributed by atoms with E-state index in [9.17, 15) is 10.2 Å². The lowest BCUT2D eigenvalue weighted by molar-refractivity contribution is 0.184. The SMILES string of the molecule is C=CCC1(c2ccc(O)cc2)CCCC(CC=C)(c2ccc(O)cc2)C1. The Kier molecular flexibility index (Phi) is 5.22. The molecule has 1 fully saturated rings. The fourth-order valence-corrected chi connectivity index (χ4v) is 4.85. The predicted octanol–water partition coefficient (Wildman–Crippen LogP) is 6.00. The first-order valence-electron chi connectivity index (χ1n) is 9.34. The third-order valence-electron chi connectivity index (χ3n) is 6.02. The Bertz CT molecular complexity index is 694. The third-order valence-corrected chi connectivity index (χ3v) is 6.02. The largest absolute Gasteiger partial charge is 0.508 e. The van der Waals surface area contributed by atoms with Crippen LogP contribution in [0.15, 0.2) is 73.8 Å². The summed E-state index contributed by atoms with van der Waals surface area (Å²) < 4.78 is 0. The number of aromatic hydroxyl groups is 2. The van der Waals surface area contributed by atoms with E-state index in [0.717, 1.165) is 38.5 Å². The lowest BCUT2D eigenvalue weighted by Gasteiger charge is -2.48. The van der Waals surface area contributed by atoms with Gasteiger partial charge in [-0.15, -0.1) is 13.2 Å². The van der Waals surface area contributed by atoms with Gasteiger partial charge in [0, 0.05) is 0 Å². The monoisotopic (exact) mass is 348 g/mol. The number of hydrogen-bond acceptors (Lipinski definition) is 2. The summed E-state index contributed by atoms with van der Waals surface area (Å²) in [7, 11) is 0. The average molecular weight is 348 g/mol. The van der Waals surface area contributed by atoms with E-state index in [1.54, 1.807) is 24.3 Å². The summed E-state index contributed by atoms with van der Waals surface area (Å²) in [4.78, 5) is 0. The molecule has 26 heavy (non-hydrogen) atoms. The highest BCUT2D eigenvalue weighted by atomic mass is 16.3. The predicted molar refractivity (Wildman–Crippen MR) is 108 cm³/mol. The first kappa shape index (κ1) is 18.3. The molecule has 0 heterocycles. The maximum atomic E-state index is 9.70. The molecule has 1 aliphatic rings. The van der Waals surface area contributed by atoms with Crippen molar-refractivity contribution in [3.63, 3.8) is 0 Å². The van der Waals surface area contributed by atoms with Crippen molar-refractivity contribution in [1.29, 1.82) is 0 Å². The van der Waals surface area contributed by atoms with Gasteiger partial charge in [0.05, 0.1) is 0 Å². The van der Waals surface area contributed by atoms with Crippen LogP contribution >= 0.6 is 0 Å². The average Bonchev–Trinajstić information content (AvgIpc) is 2.63. The highest BCUT2D eigenvalue weighted by Crippen LogP contribution is 2.53. The van der Waals surface area contributed by atoms with Crippen molar-refractivity contribution in [3.8, 4) is 11.5 Å². The molecule has 0 aromatic heterocycles. The van der Waals surface area contributed by atoms with Gasteiger partial charge in [-0.3, -0.25) is 0 Å². The van der Waals surface area contributed by atoms with Crippen LogP contribution in [0.4, 0.5) is 0 Å². The fourth-order valence-electron chi connectivity index (χ4n) is 4.85. The molecule has 0 aliphatic heterocycles. The van der Waals surface area contributed by atoms with Crippen LogP contribution in [0.2, 0.25) is 0 Å². The van der Waals surface area contributed by atoms with Crippen molar-refractivity contribution in [2.24, 2.45) is 0 Å². The van der Waals surface area contributed by atoms with Gasteiger partial charge in [-0.2, -0.15) is 0 Å². The molecule has 2 aromatic carbocycles. The second-order valence-corrected chi connectivity index (χ2v) is 7.67. The molecule has 1 saturated carbocycles. The van der Waals surface area contributed by atoms with Crippen LogP contribution in [0, 0.1) is 0 Å². The Balaban J connectivity index is 2.06. The Morgan fingerprint density at radius 3 is 1.46 bits per heavy atom. The molecule has 1 aliphatic carbocycles. The van der Waals surface area contributed by atoms with Crippen LogP contribution in [0.5, 0.6) is 11.5 Å². The van der Waals surface area contributed by atoms with Crippen LogP contribution in [0.1, 0.15) is 49.7 Å². The Labute approximate surface area is 156 Å². The smallest absolute Gasteiger partial charge is 0.115 e. The van der Waals surface area contributed by atoms with Gasteiger partial charge in [0.2, 0.25) is 0 Å². The molecule has 2 unspecified atom stereocenters. The molecule has 0 radical (unpaired) electrons. The summed E-state index contributed by atoms with van der Waals surface area (Å²) in [6, 6.07) is 15.3. The van der Waals surface area contributed by atoms with Gasteiger partial charge in [-0.1, -0.05) is 42.8 Å². The second-order valence-electron chi connectivity index (χ2n) is 7.67. The van der Waals surface area contributed by atoms with E-state index in [1.807, 2.05) is 12.2 Å². The first-order valence-corrected chi connectivity index (χ1v) is 9.34. The van der Waals surface area contributed by atoms with Crippen molar-refractivity contribution >= 4 is 0 Å². The number of benzene rings is 2. The second kappa shape index (κ2) is 7.41.